The van der Waals surface area contributed by atoms with Crippen molar-refractivity contribution in [3.63, 3.8) is 0 Å². The molecule has 1 aromatic rings. The molecule has 0 atom stereocenters. The van der Waals surface area contributed by atoms with Gasteiger partial charge in [-0.1, -0.05) is 31.5 Å². The van der Waals surface area contributed by atoms with Crippen LogP contribution in [0.25, 0.3) is 0 Å². The predicted molar refractivity (Wildman–Crippen MR) is 70.8 cm³/mol. The van der Waals surface area contributed by atoms with Gasteiger partial charge in [-0.15, -0.1) is 0 Å². The minimum absolute atomic E-state index is 0.289. The Labute approximate surface area is 103 Å². The topological polar surface area (TPSA) is 29.1 Å². The predicted octanol–water partition coefficient (Wildman–Crippen LogP) is 3.76. The van der Waals surface area contributed by atoms with Crippen molar-refractivity contribution in [3.8, 4) is 0 Å². The van der Waals surface area contributed by atoms with Gasteiger partial charge in [0.25, 0.3) is 0 Å². The zero-order valence-corrected chi connectivity index (χ0v) is 10.3. The van der Waals surface area contributed by atoms with Crippen LogP contribution in [0.2, 0.25) is 0 Å². The Bertz CT molecular complexity index is 404. The quantitative estimate of drug-likeness (QED) is 0.752. The van der Waals surface area contributed by atoms with E-state index in [9.17, 15) is 4.79 Å². The van der Waals surface area contributed by atoms with Crippen molar-refractivity contribution >= 4 is 11.5 Å². The number of allylic oxidation sites excluding steroid dienone is 2. The summed E-state index contributed by atoms with van der Waals surface area (Å²) in [5, 5.41) is 3.33. The number of hydrogen-bond acceptors (Lipinski definition) is 2. The largest absolute Gasteiger partial charge is 0.359 e. The Kier molecular flexibility index (Phi) is 3.97. The number of benzene rings is 1. The average Bonchev–Trinajstić information content (AvgIpc) is 3.14. The fraction of sp³-hybridized carbons (Fsp3) is 0.400. The number of carbonyl (C=O) groups is 1. The van der Waals surface area contributed by atoms with Gasteiger partial charge in [0.15, 0.2) is 5.78 Å². The number of hydrogen-bond donors (Lipinski definition) is 1. The van der Waals surface area contributed by atoms with Gasteiger partial charge in [0.1, 0.15) is 0 Å². The lowest BCUT2D eigenvalue weighted by atomic mass is 10.1. The molecule has 1 aromatic carbocycles. The number of nitrogens with one attached hydrogen (secondary N) is 1. The second-order valence-corrected chi connectivity index (χ2v) is 4.59. The lowest BCUT2D eigenvalue weighted by molar-refractivity contribution is -0.115. The molecule has 1 fully saturated rings. The SMILES string of the molecule is CCC/C(=C\C(=O)C1CC1)Nc1ccccc1. The number of ketones is 1. The summed E-state index contributed by atoms with van der Waals surface area (Å²) in [5.74, 6) is 0.594. The highest BCUT2D eigenvalue weighted by atomic mass is 16.1. The minimum atomic E-state index is 0.289. The van der Waals surface area contributed by atoms with Gasteiger partial charge in [0.2, 0.25) is 0 Å². The highest BCUT2D eigenvalue weighted by molar-refractivity contribution is 5.94. The summed E-state index contributed by atoms with van der Waals surface area (Å²) in [6, 6.07) is 10.0. The molecule has 1 aliphatic rings. The van der Waals surface area contributed by atoms with E-state index < -0.39 is 0 Å². The molecule has 17 heavy (non-hydrogen) atoms. The van der Waals surface area contributed by atoms with Gasteiger partial charge in [-0.05, 0) is 31.4 Å². The second-order valence-electron chi connectivity index (χ2n) is 4.59. The Balaban J connectivity index is 2.03. The highest BCUT2D eigenvalue weighted by Crippen LogP contribution is 2.30. The summed E-state index contributed by atoms with van der Waals surface area (Å²) in [6.07, 6.45) is 5.91. The van der Waals surface area contributed by atoms with E-state index in [2.05, 4.69) is 12.2 Å². The molecule has 0 bridgehead atoms. The van der Waals surface area contributed by atoms with E-state index in [1.807, 2.05) is 30.3 Å². The fourth-order valence-corrected chi connectivity index (χ4v) is 1.80. The summed E-state index contributed by atoms with van der Waals surface area (Å²) in [7, 11) is 0. The lowest BCUT2D eigenvalue weighted by Gasteiger charge is -2.09. The molecule has 2 heteroatoms. The molecule has 2 rings (SSSR count). The molecule has 0 amide bonds. The van der Waals surface area contributed by atoms with E-state index in [0.29, 0.717) is 5.92 Å². The Hall–Kier alpha value is -1.57. The van der Waals surface area contributed by atoms with Crippen LogP contribution < -0.4 is 5.32 Å². The molecule has 0 aliphatic heterocycles. The zero-order valence-electron chi connectivity index (χ0n) is 10.3. The first-order valence-electron chi connectivity index (χ1n) is 6.36. The summed E-state index contributed by atoms with van der Waals surface area (Å²) >= 11 is 0. The van der Waals surface area contributed by atoms with Crippen molar-refractivity contribution in [3.05, 3.63) is 42.1 Å². The molecule has 1 N–H and O–H groups in total. The summed E-state index contributed by atoms with van der Waals surface area (Å²) in [6.45, 7) is 2.13. The first kappa shape index (κ1) is 11.9. The molecule has 0 unspecified atom stereocenters. The van der Waals surface area contributed by atoms with Gasteiger partial charge in [-0.3, -0.25) is 4.79 Å². The molecule has 0 spiro atoms. The smallest absolute Gasteiger partial charge is 0.160 e. The Morgan fingerprint density at radius 2 is 2.06 bits per heavy atom. The van der Waals surface area contributed by atoms with E-state index in [1.54, 1.807) is 6.08 Å². The lowest BCUT2D eigenvalue weighted by Crippen LogP contribution is -2.04. The van der Waals surface area contributed by atoms with E-state index in [0.717, 1.165) is 37.1 Å². The van der Waals surface area contributed by atoms with Gasteiger partial charge in [-0.25, -0.2) is 0 Å². The third kappa shape index (κ3) is 3.74. The van der Waals surface area contributed by atoms with Crippen LogP contribution in [0.4, 0.5) is 5.69 Å². The van der Waals surface area contributed by atoms with Crippen molar-refractivity contribution in [2.24, 2.45) is 5.92 Å². The van der Waals surface area contributed by atoms with Gasteiger partial charge < -0.3 is 5.32 Å². The maximum atomic E-state index is 11.8. The van der Waals surface area contributed by atoms with Crippen molar-refractivity contribution < 1.29 is 4.79 Å². The van der Waals surface area contributed by atoms with E-state index in [4.69, 9.17) is 0 Å². The molecule has 0 aromatic heterocycles. The van der Waals surface area contributed by atoms with Crippen LogP contribution >= 0.6 is 0 Å². The maximum absolute atomic E-state index is 11.8. The molecule has 2 nitrogen and oxygen atoms in total. The highest BCUT2D eigenvalue weighted by Gasteiger charge is 2.28. The van der Waals surface area contributed by atoms with Crippen molar-refractivity contribution in [1.29, 1.82) is 0 Å². The van der Waals surface area contributed by atoms with Crippen LogP contribution in [0.5, 0.6) is 0 Å². The molecular formula is C15H19NO. The van der Waals surface area contributed by atoms with Crippen molar-refractivity contribution in [1.82, 2.24) is 0 Å². The minimum Gasteiger partial charge on any atom is -0.359 e. The first-order chi connectivity index (χ1) is 8.29. The first-order valence-corrected chi connectivity index (χ1v) is 6.36. The molecular weight excluding hydrogens is 210 g/mol. The molecule has 0 radical (unpaired) electrons. The standard InChI is InChI=1S/C15H19NO/c1-2-6-14(11-15(17)12-9-10-12)16-13-7-4-3-5-8-13/h3-5,7-8,11-12,16H,2,6,9-10H2,1H3/b14-11+. The maximum Gasteiger partial charge on any atom is 0.160 e. The summed E-state index contributed by atoms with van der Waals surface area (Å²) < 4.78 is 0. The van der Waals surface area contributed by atoms with E-state index in [1.165, 1.54) is 0 Å². The van der Waals surface area contributed by atoms with Crippen LogP contribution in [0.3, 0.4) is 0 Å². The zero-order chi connectivity index (χ0) is 12.1. The van der Waals surface area contributed by atoms with Gasteiger partial charge in [0.05, 0.1) is 0 Å². The summed E-state index contributed by atoms with van der Waals surface area (Å²) in [4.78, 5) is 11.8. The third-order valence-corrected chi connectivity index (χ3v) is 2.89. The molecule has 0 saturated heterocycles. The molecule has 90 valence electrons. The average molecular weight is 229 g/mol. The van der Waals surface area contributed by atoms with Crippen molar-refractivity contribution in [2.45, 2.75) is 32.6 Å². The van der Waals surface area contributed by atoms with Crippen LogP contribution in [0.1, 0.15) is 32.6 Å². The fourth-order valence-electron chi connectivity index (χ4n) is 1.80. The summed E-state index contributed by atoms with van der Waals surface area (Å²) in [5.41, 5.74) is 2.09. The van der Waals surface area contributed by atoms with Gasteiger partial charge >= 0.3 is 0 Å². The molecule has 1 saturated carbocycles. The van der Waals surface area contributed by atoms with E-state index in [-0.39, 0.29) is 5.78 Å². The van der Waals surface area contributed by atoms with Crippen LogP contribution in [-0.4, -0.2) is 5.78 Å². The Morgan fingerprint density at radius 3 is 2.65 bits per heavy atom. The van der Waals surface area contributed by atoms with Crippen LogP contribution in [0.15, 0.2) is 42.1 Å². The molecule has 0 heterocycles. The number of anilines is 1. The Morgan fingerprint density at radius 1 is 1.35 bits per heavy atom. The number of para-hydroxylation sites is 1. The normalized spacial score (nSPS) is 15.7. The molecule has 1 aliphatic carbocycles. The second kappa shape index (κ2) is 5.67. The van der Waals surface area contributed by atoms with E-state index >= 15 is 0 Å². The monoisotopic (exact) mass is 229 g/mol. The van der Waals surface area contributed by atoms with Gasteiger partial charge in [-0.2, -0.15) is 0 Å². The van der Waals surface area contributed by atoms with Gasteiger partial charge in [0, 0.05) is 23.4 Å². The van der Waals surface area contributed by atoms with Crippen molar-refractivity contribution in [2.75, 3.05) is 5.32 Å². The van der Waals surface area contributed by atoms with Crippen LogP contribution in [-0.2, 0) is 4.79 Å². The third-order valence-electron chi connectivity index (χ3n) is 2.89. The number of carbonyl (C=O) groups excluding carboxylic acids is 1. The van der Waals surface area contributed by atoms with Crippen LogP contribution in [0, 0.1) is 5.92 Å². The number of rotatable bonds is 6.